The van der Waals surface area contributed by atoms with Crippen LogP contribution >= 0.6 is 0 Å². The smallest absolute Gasteiger partial charge is 0.233 e. The molecule has 0 aliphatic heterocycles. The second kappa shape index (κ2) is 6.01. The Bertz CT molecular complexity index is 383. The number of likely N-dealkylation sites (N-methyl/N-ethyl adjacent to an activating group) is 1. The number of amides is 1. The van der Waals surface area contributed by atoms with E-state index in [0.717, 1.165) is 6.54 Å². The van der Waals surface area contributed by atoms with E-state index in [-0.39, 0.29) is 11.3 Å². The Morgan fingerprint density at radius 3 is 2.50 bits per heavy atom. The van der Waals surface area contributed by atoms with Gasteiger partial charge < -0.3 is 10.6 Å². The summed E-state index contributed by atoms with van der Waals surface area (Å²) in [4.78, 5) is 11.6. The number of nitrogens with one attached hydrogen (secondary N) is 2. The standard InChI is InChI=1S/C15H22N2O/c1-16-11-14(18)17-12-15(9-5-6-10-15)13-7-3-2-4-8-13/h2-4,7-8,16H,5-6,9-12H2,1H3,(H,17,18). The van der Waals surface area contributed by atoms with Gasteiger partial charge in [-0.25, -0.2) is 0 Å². The van der Waals surface area contributed by atoms with E-state index in [4.69, 9.17) is 0 Å². The molecule has 0 atom stereocenters. The van der Waals surface area contributed by atoms with Gasteiger partial charge in [0.15, 0.2) is 0 Å². The Kier molecular flexibility index (Phi) is 4.37. The molecule has 3 nitrogen and oxygen atoms in total. The first-order valence-electron chi connectivity index (χ1n) is 6.74. The van der Waals surface area contributed by atoms with Gasteiger partial charge in [-0.3, -0.25) is 4.79 Å². The number of benzene rings is 1. The van der Waals surface area contributed by atoms with Gasteiger partial charge in [-0.2, -0.15) is 0 Å². The maximum Gasteiger partial charge on any atom is 0.233 e. The number of hydrogen-bond donors (Lipinski definition) is 2. The molecule has 1 aliphatic rings. The first-order valence-corrected chi connectivity index (χ1v) is 6.74. The van der Waals surface area contributed by atoms with Crippen LogP contribution in [0.5, 0.6) is 0 Å². The van der Waals surface area contributed by atoms with Crippen LogP contribution in [0.25, 0.3) is 0 Å². The Morgan fingerprint density at radius 1 is 1.22 bits per heavy atom. The van der Waals surface area contributed by atoms with Gasteiger partial charge in [0.25, 0.3) is 0 Å². The quantitative estimate of drug-likeness (QED) is 0.832. The molecular weight excluding hydrogens is 224 g/mol. The summed E-state index contributed by atoms with van der Waals surface area (Å²) in [5.41, 5.74) is 1.53. The lowest BCUT2D eigenvalue weighted by Gasteiger charge is -2.30. The van der Waals surface area contributed by atoms with Crippen LogP contribution in [0.15, 0.2) is 30.3 Å². The molecule has 1 amide bonds. The van der Waals surface area contributed by atoms with Gasteiger partial charge >= 0.3 is 0 Å². The first kappa shape index (κ1) is 13.1. The average Bonchev–Trinajstić information content (AvgIpc) is 2.88. The van der Waals surface area contributed by atoms with Crippen LogP contribution in [0.1, 0.15) is 31.2 Å². The van der Waals surface area contributed by atoms with Crippen molar-refractivity contribution in [3.8, 4) is 0 Å². The highest BCUT2D eigenvalue weighted by Gasteiger charge is 2.35. The van der Waals surface area contributed by atoms with E-state index in [1.54, 1.807) is 7.05 Å². The van der Waals surface area contributed by atoms with Crippen molar-refractivity contribution in [3.05, 3.63) is 35.9 Å². The van der Waals surface area contributed by atoms with E-state index >= 15 is 0 Å². The van der Waals surface area contributed by atoms with E-state index in [0.29, 0.717) is 6.54 Å². The normalized spacial score (nSPS) is 17.6. The topological polar surface area (TPSA) is 41.1 Å². The van der Waals surface area contributed by atoms with Gasteiger partial charge in [0.1, 0.15) is 0 Å². The lowest BCUT2D eigenvalue weighted by atomic mass is 9.79. The van der Waals surface area contributed by atoms with Crippen LogP contribution in [0.4, 0.5) is 0 Å². The zero-order valence-corrected chi connectivity index (χ0v) is 11.0. The van der Waals surface area contributed by atoms with Crippen LogP contribution in [-0.4, -0.2) is 26.0 Å². The number of carbonyl (C=O) groups excluding carboxylic acids is 1. The van der Waals surface area contributed by atoms with Gasteiger partial charge in [0.05, 0.1) is 6.54 Å². The molecule has 98 valence electrons. The third kappa shape index (κ3) is 2.91. The van der Waals surface area contributed by atoms with Crippen molar-refractivity contribution in [2.45, 2.75) is 31.1 Å². The predicted molar refractivity (Wildman–Crippen MR) is 73.5 cm³/mol. The Balaban J connectivity index is 2.06. The minimum atomic E-state index is 0.0831. The number of carbonyl (C=O) groups is 1. The van der Waals surface area contributed by atoms with Crippen molar-refractivity contribution in [2.75, 3.05) is 20.1 Å². The zero-order valence-electron chi connectivity index (χ0n) is 11.0. The molecule has 3 heteroatoms. The molecule has 0 aromatic heterocycles. The molecule has 1 aromatic rings. The highest BCUT2D eigenvalue weighted by atomic mass is 16.1. The molecule has 18 heavy (non-hydrogen) atoms. The van der Waals surface area contributed by atoms with Crippen LogP contribution < -0.4 is 10.6 Å². The fourth-order valence-corrected chi connectivity index (χ4v) is 2.90. The second-order valence-electron chi connectivity index (χ2n) is 5.16. The Hall–Kier alpha value is -1.35. The molecule has 0 bridgehead atoms. The van der Waals surface area contributed by atoms with E-state index in [2.05, 4.69) is 34.9 Å². The number of rotatable bonds is 5. The van der Waals surface area contributed by atoms with Crippen molar-refractivity contribution >= 4 is 5.91 Å². The molecule has 1 aliphatic carbocycles. The van der Waals surface area contributed by atoms with Gasteiger partial charge in [-0.15, -0.1) is 0 Å². The molecule has 2 rings (SSSR count). The van der Waals surface area contributed by atoms with Crippen LogP contribution in [0, 0.1) is 0 Å². The van der Waals surface area contributed by atoms with Gasteiger partial charge in [0.2, 0.25) is 5.91 Å². The summed E-state index contributed by atoms with van der Waals surface area (Å²) >= 11 is 0. The zero-order chi connectivity index (χ0) is 12.8. The first-order chi connectivity index (χ1) is 8.77. The summed E-state index contributed by atoms with van der Waals surface area (Å²) in [6.07, 6.45) is 4.88. The highest BCUT2D eigenvalue weighted by Crippen LogP contribution is 2.40. The van der Waals surface area contributed by atoms with Crippen molar-refractivity contribution in [3.63, 3.8) is 0 Å². The molecule has 1 aromatic carbocycles. The SMILES string of the molecule is CNCC(=O)NCC1(c2ccccc2)CCCC1. The minimum absolute atomic E-state index is 0.0831. The minimum Gasteiger partial charge on any atom is -0.354 e. The van der Waals surface area contributed by atoms with E-state index in [1.807, 2.05) is 6.07 Å². The summed E-state index contributed by atoms with van der Waals surface area (Å²) in [6.45, 7) is 1.16. The monoisotopic (exact) mass is 246 g/mol. The van der Waals surface area contributed by atoms with Gasteiger partial charge in [0, 0.05) is 12.0 Å². The Morgan fingerprint density at radius 2 is 1.89 bits per heavy atom. The second-order valence-corrected chi connectivity index (χ2v) is 5.16. The van der Waals surface area contributed by atoms with Crippen molar-refractivity contribution < 1.29 is 4.79 Å². The van der Waals surface area contributed by atoms with E-state index < -0.39 is 0 Å². The summed E-state index contributed by atoms with van der Waals surface area (Å²) in [6, 6.07) is 10.6. The fraction of sp³-hybridized carbons (Fsp3) is 0.533. The Labute approximate surface area is 109 Å². The maximum absolute atomic E-state index is 11.6. The lowest BCUT2D eigenvalue weighted by Crippen LogP contribution is -2.41. The summed E-state index contributed by atoms with van der Waals surface area (Å²) in [5.74, 6) is 0.0831. The molecular formula is C15H22N2O. The third-order valence-corrected chi connectivity index (χ3v) is 3.91. The lowest BCUT2D eigenvalue weighted by molar-refractivity contribution is -0.120. The van der Waals surface area contributed by atoms with Gasteiger partial charge in [-0.05, 0) is 25.5 Å². The molecule has 0 saturated heterocycles. The fourth-order valence-electron chi connectivity index (χ4n) is 2.90. The predicted octanol–water partition coefficient (Wildman–Crippen LogP) is 1.83. The largest absolute Gasteiger partial charge is 0.354 e. The third-order valence-electron chi connectivity index (χ3n) is 3.91. The molecule has 2 N–H and O–H groups in total. The van der Waals surface area contributed by atoms with Crippen LogP contribution in [0.3, 0.4) is 0 Å². The average molecular weight is 246 g/mol. The molecule has 1 saturated carbocycles. The van der Waals surface area contributed by atoms with Crippen LogP contribution in [-0.2, 0) is 10.2 Å². The highest BCUT2D eigenvalue weighted by molar-refractivity contribution is 5.78. The summed E-state index contributed by atoms with van der Waals surface area (Å²) in [7, 11) is 1.79. The molecule has 1 fully saturated rings. The van der Waals surface area contributed by atoms with Crippen molar-refractivity contribution in [1.82, 2.24) is 10.6 Å². The van der Waals surface area contributed by atoms with E-state index in [9.17, 15) is 4.79 Å². The summed E-state index contributed by atoms with van der Waals surface area (Å²) < 4.78 is 0. The van der Waals surface area contributed by atoms with Gasteiger partial charge in [-0.1, -0.05) is 43.2 Å². The molecule has 0 unspecified atom stereocenters. The maximum atomic E-state index is 11.6. The van der Waals surface area contributed by atoms with Crippen molar-refractivity contribution in [1.29, 1.82) is 0 Å². The number of hydrogen-bond acceptors (Lipinski definition) is 2. The summed E-state index contributed by atoms with van der Waals surface area (Å²) in [5, 5.41) is 5.95. The van der Waals surface area contributed by atoms with Crippen molar-refractivity contribution in [2.24, 2.45) is 0 Å². The molecule has 0 spiro atoms. The van der Waals surface area contributed by atoms with E-state index in [1.165, 1.54) is 31.2 Å². The van der Waals surface area contributed by atoms with Crippen LogP contribution in [0.2, 0.25) is 0 Å². The molecule has 0 heterocycles. The molecule has 0 radical (unpaired) electrons.